The van der Waals surface area contributed by atoms with E-state index in [9.17, 15) is 9.59 Å². The zero-order valence-corrected chi connectivity index (χ0v) is 12.1. The normalized spacial score (nSPS) is 9.64. The first kappa shape index (κ1) is 15.5. The van der Waals surface area contributed by atoms with E-state index in [0.29, 0.717) is 16.3 Å². The highest BCUT2D eigenvalue weighted by atomic mass is 35.5. The number of halogens is 1. The van der Waals surface area contributed by atoms with Gasteiger partial charge in [0.25, 0.3) is 5.91 Å². The summed E-state index contributed by atoms with van der Waals surface area (Å²) in [6.07, 6.45) is 0. The highest BCUT2D eigenvalue weighted by Crippen LogP contribution is 2.14. The van der Waals surface area contributed by atoms with Gasteiger partial charge in [-0.05, 0) is 30.3 Å². The molecule has 2 aromatic rings. The van der Waals surface area contributed by atoms with E-state index in [1.54, 1.807) is 36.4 Å². The molecule has 0 saturated carbocycles. The van der Waals surface area contributed by atoms with Crippen molar-refractivity contribution in [3.05, 3.63) is 64.7 Å². The molecule has 0 aliphatic rings. The first-order valence-corrected chi connectivity index (χ1v) is 6.69. The topological polar surface area (TPSA) is 79.2 Å². The summed E-state index contributed by atoms with van der Waals surface area (Å²) < 4.78 is 4.90. The zero-order chi connectivity index (χ0) is 15.9. The maximum atomic E-state index is 11.8. The Bertz CT molecular complexity index is 753. The van der Waals surface area contributed by atoms with Crippen LogP contribution < -0.4 is 5.32 Å². The van der Waals surface area contributed by atoms with Gasteiger partial charge in [-0.25, -0.2) is 4.79 Å². The molecule has 0 aromatic heterocycles. The number of anilines is 1. The van der Waals surface area contributed by atoms with Crippen LogP contribution in [-0.4, -0.2) is 18.5 Å². The second-order valence-electron chi connectivity index (χ2n) is 4.29. The van der Waals surface area contributed by atoms with Crippen LogP contribution in [0.25, 0.3) is 0 Å². The maximum absolute atomic E-state index is 11.8. The number of ether oxygens (including phenoxy) is 1. The van der Waals surface area contributed by atoms with E-state index in [-0.39, 0.29) is 5.56 Å². The van der Waals surface area contributed by atoms with Crippen LogP contribution in [0, 0.1) is 11.3 Å². The fourth-order valence-electron chi connectivity index (χ4n) is 1.71. The van der Waals surface area contributed by atoms with Crippen LogP contribution in [0.3, 0.4) is 0 Å². The molecule has 110 valence electrons. The van der Waals surface area contributed by atoms with Gasteiger partial charge in [-0.1, -0.05) is 29.8 Å². The number of rotatable bonds is 4. The summed E-state index contributed by atoms with van der Waals surface area (Å²) >= 11 is 5.77. The SMILES string of the molecule is N#Cc1ccccc1NC(=O)COC(=O)c1cccc(Cl)c1. The average molecular weight is 315 g/mol. The smallest absolute Gasteiger partial charge is 0.338 e. The summed E-state index contributed by atoms with van der Waals surface area (Å²) in [6.45, 7) is -0.453. The summed E-state index contributed by atoms with van der Waals surface area (Å²) in [5.74, 6) is -1.18. The van der Waals surface area contributed by atoms with Gasteiger partial charge in [0.1, 0.15) is 6.07 Å². The fraction of sp³-hybridized carbons (Fsp3) is 0.0625. The van der Waals surface area contributed by atoms with Crippen LogP contribution in [0.15, 0.2) is 48.5 Å². The van der Waals surface area contributed by atoms with Crippen molar-refractivity contribution in [1.82, 2.24) is 0 Å². The number of esters is 1. The predicted octanol–water partition coefficient (Wildman–Crippen LogP) is 3.01. The Morgan fingerprint density at radius 1 is 1.18 bits per heavy atom. The van der Waals surface area contributed by atoms with Crippen molar-refractivity contribution in [2.45, 2.75) is 0 Å². The number of nitriles is 1. The lowest BCUT2D eigenvalue weighted by Gasteiger charge is -2.07. The molecule has 22 heavy (non-hydrogen) atoms. The Balaban J connectivity index is 1.93. The maximum Gasteiger partial charge on any atom is 0.338 e. The number of hydrogen-bond donors (Lipinski definition) is 1. The van der Waals surface area contributed by atoms with Gasteiger partial charge in [-0.2, -0.15) is 5.26 Å². The molecule has 5 nitrogen and oxygen atoms in total. The quantitative estimate of drug-likeness (QED) is 0.880. The Morgan fingerprint density at radius 2 is 1.95 bits per heavy atom. The molecule has 0 atom stereocenters. The molecule has 0 aliphatic carbocycles. The van der Waals surface area contributed by atoms with Crippen molar-refractivity contribution in [3.63, 3.8) is 0 Å². The summed E-state index contributed by atoms with van der Waals surface area (Å²) in [6, 6.07) is 14.7. The molecule has 0 bridgehead atoms. The molecule has 0 spiro atoms. The Labute approximate surface area is 132 Å². The molecule has 2 rings (SSSR count). The minimum absolute atomic E-state index is 0.262. The van der Waals surface area contributed by atoms with E-state index in [0.717, 1.165) is 0 Å². The number of carbonyl (C=O) groups excluding carboxylic acids is 2. The number of nitrogens with one attached hydrogen (secondary N) is 1. The minimum atomic E-state index is -0.647. The van der Waals surface area contributed by atoms with E-state index >= 15 is 0 Å². The lowest BCUT2D eigenvalue weighted by atomic mass is 10.2. The molecular weight excluding hydrogens is 304 g/mol. The van der Waals surface area contributed by atoms with Gasteiger partial charge in [-0.15, -0.1) is 0 Å². The molecule has 0 aliphatic heterocycles. The van der Waals surface area contributed by atoms with Crippen molar-refractivity contribution in [1.29, 1.82) is 5.26 Å². The van der Waals surface area contributed by atoms with Crippen molar-refractivity contribution < 1.29 is 14.3 Å². The third-order valence-electron chi connectivity index (χ3n) is 2.72. The third kappa shape index (κ3) is 4.08. The van der Waals surface area contributed by atoms with Gasteiger partial charge < -0.3 is 10.1 Å². The highest BCUT2D eigenvalue weighted by Gasteiger charge is 2.11. The van der Waals surface area contributed by atoms with Crippen LogP contribution in [0.4, 0.5) is 5.69 Å². The number of hydrogen-bond acceptors (Lipinski definition) is 4. The summed E-state index contributed by atoms with van der Waals surface area (Å²) in [5, 5.41) is 11.8. The number of carbonyl (C=O) groups is 2. The number of amides is 1. The molecule has 1 amide bonds. The molecule has 0 fully saturated rings. The van der Waals surface area contributed by atoms with Crippen molar-refractivity contribution in [3.8, 4) is 6.07 Å². The van der Waals surface area contributed by atoms with Gasteiger partial charge in [0.2, 0.25) is 0 Å². The molecule has 6 heteroatoms. The third-order valence-corrected chi connectivity index (χ3v) is 2.95. The highest BCUT2D eigenvalue weighted by molar-refractivity contribution is 6.30. The number of para-hydroxylation sites is 1. The lowest BCUT2D eigenvalue weighted by Crippen LogP contribution is -2.21. The first-order chi connectivity index (χ1) is 10.6. The fourth-order valence-corrected chi connectivity index (χ4v) is 1.90. The van der Waals surface area contributed by atoms with E-state index in [2.05, 4.69) is 5.32 Å². The van der Waals surface area contributed by atoms with E-state index < -0.39 is 18.5 Å². The van der Waals surface area contributed by atoms with Crippen LogP contribution >= 0.6 is 11.6 Å². The Morgan fingerprint density at radius 3 is 2.68 bits per heavy atom. The molecule has 0 heterocycles. The van der Waals surface area contributed by atoms with Crippen LogP contribution in [0.5, 0.6) is 0 Å². The largest absolute Gasteiger partial charge is 0.452 e. The second kappa shape index (κ2) is 7.25. The van der Waals surface area contributed by atoms with Crippen molar-refractivity contribution in [2.24, 2.45) is 0 Å². The molecule has 2 aromatic carbocycles. The summed E-state index contributed by atoms with van der Waals surface area (Å²) in [4.78, 5) is 23.5. The lowest BCUT2D eigenvalue weighted by molar-refractivity contribution is -0.119. The van der Waals surface area contributed by atoms with Crippen LogP contribution in [-0.2, 0) is 9.53 Å². The Kier molecular flexibility index (Phi) is 5.12. The second-order valence-corrected chi connectivity index (χ2v) is 4.73. The molecule has 1 N–H and O–H groups in total. The van der Waals surface area contributed by atoms with Crippen molar-refractivity contribution >= 4 is 29.2 Å². The van der Waals surface area contributed by atoms with Gasteiger partial charge in [0.15, 0.2) is 6.61 Å². The average Bonchev–Trinajstić information content (AvgIpc) is 2.53. The van der Waals surface area contributed by atoms with Gasteiger partial charge >= 0.3 is 5.97 Å². The van der Waals surface area contributed by atoms with Gasteiger partial charge in [0, 0.05) is 5.02 Å². The Hall–Kier alpha value is -2.84. The van der Waals surface area contributed by atoms with Gasteiger partial charge in [-0.3, -0.25) is 4.79 Å². The molecule has 0 unspecified atom stereocenters. The number of nitrogens with zero attached hydrogens (tertiary/aromatic N) is 1. The zero-order valence-electron chi connectivity index (χ0n) is 11.4. The van der Waals surface area contributed by atoms with E-state index in [4.69, 9.17) is 21.6 Å². The van der Waals surface area contributed by atoms with E-state index in [1.165, 1.54) is 12.1 Å². The standard InChI is InChI=1S/C16H11ClN2O3/c17-13-6-3-5-11(8-13)16(21)22-10-15(20)19-14-7-2-1-4-12(14)9-18/h1-8H,10H2,(H,19,20). The van der Waals surface area contributed by atoms with Crippen LogP contribution in [0.2, 0.25) is 5.02 Å². The molecule has 0 saturated heterocycles. The number of benzene rings is 2. The predicted molar refractivity (Wildman–Crippen MR) is 81.5 cm³/mol. The summed E-state index contributed by atoms with van der Waals surface area (Å²) in [5.41, 5.74) is 0.962. The molecular formula is C16H11ClN2O3. The molecule has 0 radical (unpaired) electrons. The summed E-state index contributed by atoms with van der Waals surface area (Å²) in [7, 11) is 0. The van der Waals surface area contributed by atoms with Crippen molar-refractivity contribution in [2.75, 3.05) is 11.9 Å². The first-order valence-electron chi connectivity index (χ1n) is 6.32. The van der Waals surface area contributed by atoms with Crippen LogP contribution in [0.1, 0.15) is 15.9 Å². The monoisotopic (exact) mass is 314 g/mol. The van der Waals surface area contributed by atoms with E-state index in [1.807, 2.05) is 6.07 Å². The minimum Gasteiger partial charge on any atom is -0.452 e. The van der Waals surface area contributed by atoms with Gasteiger partial charge in [0.05, 0.1) is 16.8 Å².